The summed E-state index contributed by atoms with van der Waals surface area (Å²) in [5.41, 5.74) is 4.28. The van der Waals surface area contributed by atoms with Crippen LogP contribution in [0.1, 0.15) is 21.5 Å². The number of nitrogens with one attached hydrogen (secondary N) is 1. The van der Waals surface area contributed by atoms with Gasteiger partial charge in [0, 0.05) is 28.0 Å². The quantitative estimate of drug-likeness (QED) is 0.434. The standard InChI is InChI=1S/C21H17Cl2N3O3/c1-28-20-10-14(11-25-26-21(27)15-4-3-9-24-12-15)7-8-19(20)29-13-16-17(22)5-2-6-18(16)23/h2-12H,13H2,1H3,(H,26,27)/b25-11-. The van der Waals surface area contributed by atoms with E-state index in [1.807, 2.05) is 0 Å². The van der Waals surface area contributed by atoms with Crippen LogP contribution in [-0.2, 0) is 6.61 Å². The highest BCUT2D eigenvalue weighted by molar-refractivity contribution is 6.35. The van der Waals surface area contributed by atoms with E-state index in [1.54, 1.807) is 54.7 Å². The Labute approximate surface area is 178 Å². The van der Waals surface area contributed by atoms with Crippen molar-refractivity contribution < 1.29 is 14.3 Å². The lowest BCUT2D eigenvalue weighted by molar-refractivity contribution is 0.0955. The molecule has 0 aliphatic carbocycles. The first-order valence-electron chi connectivity index (χ1n) is 8.55. The van der Waals surface area contributed by atoms with Crippen molar-refractivity contribution in [1.82, 2.24) is 10.4 Å². The number of carbonyl (C=O) groups excluding carboxylic acids is 1. The lowest BCUT2D eigenvalue weighted by atomic mass is 10.2. The second kappa shape index (κ2) is 9.91. The maximum Gasteiger partial charge on any atom is 0.272 e. The highest BCUT2D eigenvalue weighted by Crippen LogP contribution is 2.31. The zero-order chi connectivity index (χ0) is 20.6. The predicted molar refractivity (Wildman–Crippen MR) is 113 cm³/mol. The second-order valence-electron chi connectivity index (χ2n) is 5.84. The Morgan fingerprint density at radius 3 is 2.62 bits per heavy atom. The molecule has 148 valence electrons. The number of hydrogen-bond acceptors (Lipinski definition) is 5. The number of pyridine rings is 1. The minimum atomic E-state index is -0.349. The Bertz CT molecular complexity index is 1010. The number of carbonyl (C=O) groups is 1. The van der Waals surface area contributed by atoms with Gasteiger partial charge >= 0.3 is 0 Å². The molecule has 2 aromatic carbocycles. The average Bonchev–Trinajstić information content (AvgIpc) is 2.74. The largest absolute Gasteiger partial charge is 0.493 e. The fraction of sp³-hybridized carbons (Fsp3) is 0.0952. The summed E-state index contributed by atoms with van der Waals surface area (Å²) in [7, 11) is 1.54. The fourth-order valence-corrected chi connectivity index (χ4v) is 2.94. The molecule has 8 heteroatoms. The number of amides is 1. The molecule has 0 radical (unpaired) electrons. The molecule has 0 fully saturated rings. The lowest BCUT2D eigenvalue weighted by Gasteiger charge is -2.13. The van der Waals surface area contributed by atoms with Crippen LogP contribution in [-0.4, -0.2) is 24.2 Å². The van der Waals surface area contributed by atoms with E-state index in [0.29, 0.717) is 32.7 Å². The van der Waals surface area contributed by atoms with Gasteiger partial charge in [-0.05, 0) is 48.0 Å². The molecule has 0 atom stereocenters. The Kier molecular flexibility index (Phi) is 7.05. The van der Waals surface area contributed by atoms with Crippen LogP contribution in [0, 0.1) is 0 Å². The molecule has 0 saturated carbocycles. The SMILES string of the molecule is COc1cc(/C=N\NC(=O)c2cccnc2)ccc1OCc1c(Cl)cccc1Cl. The molecule has 1 heterocycles. The number of ether oxygens (including phenoxy) is 2. The van der Waals surface area contributed by atoms with E-state index in [1.165, 1.54) is 19.5 Å². The molecular weight excluding hydrogens is 413 g/mol. The van der Waals surface area contributed by atoms with Crippen LogP contribution in [0.25, 0.3) is 0 Å². The van der Waals surface area contributed by atoms with Gasteiger partial charge < -0.3 is 9.47 Å². The third-order valence-electron chi connectivity index (χ3n) is 3.92. The Hall–Kier alpha value is -3.09. The van der Waals surface area contributed by atoms with E-state index in [-0.39, 0.29) is 12.5 Å². The molecule has 3 aromatic rings. The van der Waals surface area contributed by atoms with Crippen molar-refractivity contribution in [2.45, 2.75) is 6.61 Å². The lowest BCUT2D eigenvalue weighted by Crippen LogP contribution is -2.17. The summed E-state index contributed by atoms with van der Waals surface area (Å²) in [6.07, 6.45) is 4.56. The third-order valence-corrected chi connectivity index (χ3v) is 4.63. The number of aromatic nitrogens is 1. The molecule has 0 saturated heterocycles. The van der Waals surface area contributed by atoms with E-state index >= 15 is 0 Å². The molecule has 0 aliphatic heterocycles. The summed E-state index contributed by atoms with van der Waals surface area (Å²) in [5.74, 6) is 0.689. The molecule has 0 aliphatic rings. The minimum absolute atomic E-state index is 0.198. The molecular formula is C21H17Cl2N3O3. The van der Waals surface area contributed by atoms with Gasteiger partial charge in [-0.25, -0.2) is 5.43 Å². The van der Waals surface area contributed by atoms with Gasteiger partial charge in [-0.15, -0.1) is 0 Å². The number of benzene rings is 2. The summed E-state index contributed by atoms with van der Waals surface area (Å²) < 4.78 is 11.2. The Morgan fingerprint density at radius 1 is 1.14 bits per heavy atom. The average molecular weight is 430 g/mol. The molecule has 1 amide bonds. The van der Waals surface area contributed by atoms with Gasteiger partial charge in [0.1, 0.15) is 6.61 Å². The highest BCUT2D eigenvalue weighted by atomic mass is 35.5. The van der Waals surface area contributed by atoms with Crippen molar-refractivity contribution in [1.29, 1.82) is 0 Å². The molecule has 1 N–H and O–H groups in total. The van der Waals surface area contributed by atoms with Crippen molar-refractivity contribution in [2.75, 3.05) is 7.11 Å². The summed E-state index contributed by atoms with van der Waals surface area (Å²) in [6.45, 7) is 0.198. The van der Waals surface area contributed by atoms with E-state index in [2.05, 4.69) is 15.5 Å². The van der Waals surface area contributed by atoms with E-state index in [4.69, 9.17) is 32.7 Å². The first-order valence-corrected chi connectivity index (χ1v) is 9.31. The van der Waals surface area contributed by atoms with Crippen molar-refractivity contribution in [3.63, 3.8) is 0 Å². The number of nitrogens with zero attached hydrogens (tertiary/aromatic N) is 2. The maximum absolute atomic E-state index is 12.0. The molecule has 0 bridgehead atoms. The smallest absolute Gasteiger partial charge is 0.272 e. The molecule has 29 heavy (non-hydrogen) atoms. The summed E-state index contributed by atoms with van der Waals surface area (Å²) in [6, 6.07) is 13.9. The van der Waals surface area contributed by atoms with Crippen LogP contribution >= 0.6 is 23.2 Å². The van der Waals surface area contributed by atoms with Gasteiger partial charge in [-0.2, -0.15) is 5.10 Å². The van der Waals surface area contributed by atoms with Crippen molar-refractivity contribution in [3.8, 4) is 11.5 Å². The number of methoxy groups -OCH3 is 1. The van der Waals surface area contributed by atoms with Crippen molar-refractivity contribution in [2.24, 2.45) is 5.10 Å². The monoisotopic (exact) mass is 429 g/mol. The van der Waals surface area contributed by atoms with Gasteiger partial charge in [-0.1, -0.05) is 29.3 Å². The van der Waals surface area contributed by atoms with Crippen LogP contribution in [0.5, 0.6) is 11.5 Å². The van der Waals surface area contributed by atoms with Crippen LogP contribution in [0.15, 0.2) is 66.0 Å². The summed E-state index contributed by atoms with van der Waals surface area (Å²) in [5, 5.41) is 5.02. The van der Waals surface area contributed by atoms with Gasteiger partial charge in [0.2, 0.25) is 0 Å². The molecule has 3 rings (SSSR count). The van der Waals surface area contributed by atoms with Gasteiger partial charge in [0.05, 0.1) is 18.9 Å². The number of hydrazone groups is 1. The van der Waals surface area contributed by atoms with Gasteiger partial charge in [0.15, 0.2) is 11.5 Å². The predicted octanol–water partition coefficient (Wildman–Crippen LogP) is 4.74. The van der Waals surface area contributed by atoms with Crippen molar-refractivity contribution in [3.05, 3.63) is 87.7 Å². The number of halogens is 2. The maximum atomic E-state index is 12.0. The molecule has 0 spiro atoms. The highest BCUT2D eigenvalue weighted by Gasteiger charge is 2.10. The molecule has 1 aromatic heterocycles. The minimum Gasteiger partial charge on any atom is -0.493 e. The topological polar surface area (TPSA) is 72.8 Å². The van der Waals surface area contributed by atoms with E-state index in [0.717, 1.165) is 5.56 Å². The third kappa shape index (κ3) is 5.47. The van der Waals surface area contributed by atoms with Gasteiger partial charge in [-0.3, -0.25) is 9.78 Å². The van der Waals surface area contributed by atoms with Crippen molar-refractivity contribution >= 4 is 35.3 Å². The van der Waals surface area contributed by atoms with E-state index < -0.39 is 0 Å². The second-order valence-corrected chi connectivity index (χ2v) is 6.65. The Morgan fingerprint density at radius 2 is 1.93 bits per heavy atom. The summed E-state index contributed by atoms with van der Waals surface area (Å²) in [4.78, 5) is 15.9. The van der Waals surface area contributed by atoms with Crippen LogP contribution in [0.2, 0.25) is 10.0 Å². The number of rotatable bonds is 7. The first-order chi connectivity index (χ1) is 14.1. The molecule has 6 nitrogen and oxygen atoms in total. The fourth-order valence-electron chi connectivity index (χ4n) is 2.43. The normalized spacial score (nSPS) is 10.7. The zero-order valence-corrected chi connectivity index (χ0v) is 16.9. The van der Waals surface area contributed by atoms with Crippen LogP contribution in [0.4, 0.5) is 0 Å². The molecule has 0 unspecified atom stereocenters. The summed E-state index contributed by atoms with van der Waals surface area (Å²) >= 11 is 12.3. The van der Waals surface area contributed by atoms with Crippen LogP contribution < -0.4 is 14.9 Å². The first kappa shape index (κ1) is 20.6. The van der Waals surface area contributed by atoms with Gasteiger partial charge in [0.25, 0.3) is 5.91 Å². The van der Waals surface area contributed by atoms with Crippen LogP contribution in [0.3, 0.4) is 0 Å². The van der Waals surface area contributed by atoms with E-state index in [9.17, 15) is 4.79 Å². The zero-order valence-electron chi connectivity index (χ0n) is 15.4. The Balaban J connectivity index is 1.66. The number of hydrogen-bond donors (Lipinski definition) is 1.